The zero-order valence-electron chi connectivity index (χ0n) is 25.3. The first-order valence-electron chi connectivity index (χ1n) is 14.3. The van der Waals surface area contributed by atoms with Gasteiger partial charge < -0.3 is 18.6 Å². The smallest absolute Gasteiger partial charge is 0.332 e. The van der Waals surface area contributed by atoms with Crippen molar-refractivity contribution in [3.63, 3.8) is 0 Å². The number of hydrogen-bond acceptors (Lipinski definition) is 9. The molecule has 1 fully saturated rings. The van der Waals surface area contributed by atoms with Gasteiger partial charge >= 0.3 is 5.69 Å². The van der Waals surface area contributed by atoms with Crippen molar-refractivity contribution in [2.45, 2.75) is 51.0 Å². The largest absolute Gasteiger partial charge is 0.496 e. The van der Waals surface area contributed by atoms with Gasteiger partial charge in [-0.25, -0.2) is 14.3 Å². The van der Waals surface area contributed by atoms with Crippen molar-refractivity contribution in [1.29, 1.82) is 0 Å². The van der Waals surface area contributed by atoms with Crippen LogP contribution in [0.15, 0.2) is 68.9 Å². The summed E-state index contributed by atoms with van der Waals surface area (Å²) < 4.78 is 38.2. The Morgan fingerprint density at radius 2 is 1.91 bits per heavy atom. The second kappa shape index (κ2) is 12.5. The quantitative estimate of drug-likeness (QED) is 0.231. The molecule has 0 saturated carbocycles. The summed E-state index contributed by atoms with van der Waals surface area (Å²) in [5.41, 5.74) is -1.41. The Hall–Kier alpha value is -4.00. The normalized spacial score (nSPS) is 16.5. The highest BCUT2D eigenvalue weighted by atomic mass is 32.2. The van der Waals surface area contributed by atoms with E-state index in [9.17, 15) is 18.6 Å². The number of ketones is 1. The summed E-state index contributed by atoms with van der Waals surface area (Å²) in [7, 11) is -1.18. The van der Waals surface area contributed by atoms with Crippen LogP contribution in [0.3, 0.4) is 0 Å². The molecule has 0 bridgehead atoms. The lowest BCUT2D eigenvalue weighted by atomic mass is 9.99. The average Bonchev–Trinajstić information content (AvgIpc) is 3.53. The van der Waals surface area contributed by atoms with E-state index in [1.165, 1.54) is 37.1 Å². The molecule has 4 aromatic rings. The number of benzene rings is 2. The second-order valence-corrected chi connectivity index (χ2v) is 14.2. The molecule has 0 N–H and O–H groups in total. The van der Waals surface area contributed by atoms with Gasteiger partial charge in [0.15, 0.2) is 5.78 Å². The number of nitrogens with zero attached hydrogens (tertiary/aromatic N) is 3. The van der Waals surface area contributed by atoms with Gasteiger partial charge in [0.05, 0.1) is 42.6 Å². The number of para-hydroxylation sites is 1. The van der Waals surface area contributed by atoms with Gasteiger partial charge in [-0.05, 0) is 66.3 Å². The highest BCUT2D eigenvalue weighted by Crippen LogP contribution is 2.32. The highest BCUT2D eigenvalue weighted by Gasteiger charge is 2.35. The minimum Gasteiger partial charge on any atom is -0.496 e. The number of carbonyl (C=O) groups excluding carboxylic acids is 1. The number of carbonyl (C=O) groups is 1. The Morgan fingerprint density at radius 1 is 1.18 bits per heavy atom. The molecule has 0 aliphatic carbocycles. The summed E-state index contributed by atoms with van der Waals surface area (Å²) >= 11 is 0. The fraction of sp³-hybridized carbons (Fsp3) is 0.406. The number of rotatable bonds is 11. The Bertz CT molecular complexity index is 1880. The average molecular weight is 624 g/mol. The Labute approximate surface area is 255 Å². The van der Waals surface area contributed by atoms with Gasteiger partial charge in [-0.2, -0.15) is 0 Å². The van der Waals surface area contributed by atoms with Crippen LogP contribution in [0.25, 0.3) is 22.4 Å². The van der Waals surface area contributed by atoms with Crippen LogP contribution < -0.4 is 16.0 Å². The maximum atomic E-state index is 14.4. The predicted octanol–water partition coefficient (Wildman–Crippen LogP) is 3.41. The summed E-state index contributed by atoms with van der Waals surface area (Å²) in [5.74, 6) is 3.54. The lowest BCUT2D eigenvalue weighted by molar-refractivity contribution is -0.123. The van der Waals surface area contributed by atoms with E-state index in [1.807, 2.05) is 24.3 Å². The molecule has 0 amide bonds. The molecule has 1 aliphatic heterocycles. The molecule has 0 radical (unpaired) electrons. The third-order valence-electron chi connectivity index (χ3n) is 7.86. The monoisotopic (exact) mass is 623 g/mol. The fourth-order valence-corrected chi connectivity index (χ4v) is 6.39. The zero-order chi connectivity index (χ0) is 31.6. The van der Waals surface area contributed by atoms with Gasteiger partial charge in [0.2, 0.25) is 5.89 Å². The van der Waals surface area contributed by atoms with E-state index in [-0.39, 0.29) is 18.0 Å². The third-order valence-corrected chi connectivity index (χ3v) is 8.73. The summed E-state index contributed by atoms with van der Waals surface area (Å²) in [5, 5.41) is 0.179. The lowest BCUT2D eigenvalue weighted by Gasteiger charge is -2.31. The van der Waals surface area contributed by atoms with Crippen molar-refractivity contribution < 1.29 is 27.6 Å². The van der Waals surface area contributed by atoms with E-state index in [2.05, 4.69) is 10.9 Å². The van der Waals surface area contributed by atoms with E-state index in [0.29, 0.717) is 48.8 Å². The minimum atomic E-state index is -2.75. The van der Waals surface area contributed by atoms with Gasteiger partial charge in [0, 0.05) is 30.6 Å². The van der Waals surface area contributed by atoms with E-state index in [1.54, 1.807) is 25.3 Å². The van der Waals surface area contributed by atoms with Crippen molar-refractivity contribution in [3.05, 3.63) is 81.3 Å². The molecular weight excluding hydrogens is 586 g/mol. The molecule has 11 nitrogen and oxygen atoms in total. The number of methoxy groups -OCH3 is 1. The molecular formula is C32H37N3O8S. The molecule has 2 aromatic carbocycles. The SMILES string of the molecule is C=S(C)(=O)CC(=O)C(C)(C)n1c(=O)c2cc(-c3ncco3)ccc2n(C[C@H](OC2CCOCC2)c2ccccc2OC)c1=O. The molecule has 12 heteroatoms. The topological polar surface area (TPSA) is 132 Å². The van der Waals surface area contributed by atoms with Crippen molar-refractivity contribution in [3.8, 4) is 17.2 Å². The maximum absolute atomic E-state index is 14.4. The first kappa shape index (κ1) is 31.4. The van der Waals surface area contributed by atoms with E-state index >= 15 is 0 Å². The van der Waals surface area contributed by atoms with Crippen molar-refractivity contribution >= 4 is 32.1 Å². The predicted molar refractivity (Wildman–Crippen MR) is 169 cm³/mol. The van der Waals surface area contributed by atoms with E-state index in [0.717, 1.165) is 10.1 Å². The van der Waals surface area contributed by atoms with Crippen LogP contribution in [0.1, 0.15) is 38.4 Å². The Morgan fingerprint density at radius 3 is 2.57 bits per heavy atom. The Kier molecular flexibility index (Phi) is 8.96. The molecule has 3 heterocycles. The molecule has 0 spiro atoms. The minimum absolute atomic E-state index is 0.00974. The number of Topliss-reactive ketones (excluding diaryl/α,β-unsaturated/α-hetero) is 1. The number of aromatic nitrogens is 3. The first-order valence-corrected chi connectivity index (χ1v) is 16.6. The van der Waals surface area contributed by atoms with Crippen LogP contribution in [-0.4, -0.2) is 68.4 Å². The van der Waals surface area contributed by atoms with Crippen LogP contribution in [0.4, 0.5) is 0 Å². The number of hydrogen-bond donors (Lipinski definition) is 0. The first-order chi connectivity index (χ1) is 20.9. The number of oxazole rings is 1. The van der Waals surface area contributed by atoms with Gasteiger partial charge in [-0.1, -0.05) is 18.2 Å². The maximum Gasteiger partial charge on any atom is 0.332 e. The summed E-state index contributed by atoms with van der Waals surface area (Å²) in [4.78, 5) is 46.2. The third kappa shape index (κ3) is 6.42. The van der Waals surface area contributed by atoms with Gasteiger partial charge in [0.1, 0.15) is 23.7 Å². The van der Waals surface area contributed by atoms with Crippen LogP contribution in [0.2, 0.25) is 0 Å². The van der Waals surface area contributed by atoms with Gasteiger partial charge in [0.25, 0.3) is 5.56 Å². The van der Waals surface area contributed by atoms with Crippen LogP contribution in [-0.2, 0) is 35.9 Å². The van der Waals surface area contributed by atoms with Crippen molar-refractivity contribution in [1.82, 2.24) is 14.1 Å². The molecule has 234 valence electrons. The van der Waals surface area contributed by atoms with E-state index in [4.69, 9.17) is 18.6 Å². The lowest BCUT2D eigenvalue weighted by Crippen LogP contribution is -2.54. The molecule has 2 atom stereocenters. The molecule has 1 saturated heterocycles. The van der Waals surface area contributed by atoms with Gasteiger partial charge in [-0.3, -0.25) is 18.4 Å². The van der Waals surface area contributed by atoms with Crippen LogP contribution >= 0.6 is 0 Å². The summed E-state index contributed by atoms with van der Waals surface area (Å²) in [6, 6.07) is 12.4. The standard InChI is InChI=1S/C32H37N3O8S/c1-32(2,28(36)20-44(4,5)39)35-30(37)24-18-21(29-33-14-17-42-29)10-11-25(24)34(31(35)38)19-27(43-22-12-15-41-16-13-22)23-8-6-7-9-26(23)40-3/h6-11,14,17-18,22,27H,4,12-13,15-16,19-20H2,1-3,5H3/t27-,44?/m0/s1. The summed E-state index contributed by atoms with van der Waals surface area (Å²) in [6.45, 7) is 4.09. The molecule has 2 aromatic heterocycles. The molecule has 44 heavy (non-hydrogen) atoms. The second-order valence-electron chi connectivity index (χ2n) is 11.6. The molecule has 1 unspecified atom stereocenters. The number of ether oxygens (including phenoxy) is 3. The van der Waals surface area contributed by atoms with E-state index < -0.39 is 43.9 Å². The van der Waals surface area contributed by atoms with Crippen molar-refractivity contribution in [2.75, 3.05) is 32.3 Å². The van der Waals surface area contributed by atoms with Crippen molar-refractivity contribution in [2.24, 2.45) is 0 Å². The zero-order valence-corrected chi connectivity index (χ0v) is 26.1. The fourth-order valence-electron chi connectivity index (χ4n) is 5.48. The molecule has 5 rings (SSSR count). The summed E-state index contributed by atoms with van der Waals surface area (Å²) in [6.07, 6.45) is 4.87. The molecule has 1 aliphatic rings. The Balaban J connectivity index is 1.73. The highest BCUT2D eigenvalue weighted by molar-refractivity contribution is 8.00. The van der Waals surface area contributed by atoms with Crippen LogP contribution in [0.5, 0.6) is 5.75 Å². The van der Waals surface area contributed by atoms with Crippen LogP contribution in [0, 0.1) is 0 Å². The number of fused-ring (bicyclic) bond motifs is 1. The van der Waals surface area contributed by atoms with Gasteiger partial charge in [-0.15, -0.1) is 0 Å².